The van der Waals surface area contributed by atoms with Crippen LogP contribution in [-0.4, -0.2) is 46.8 Å². The summed E-state index contributed by atoms with van der Waals surface area (Å²) in [5.74, 6) is -2.64. The predicted molar refractivity (Wildman–Crippen MR) is 71.8 cm³/mol. The molecule has 2 N–H and O–H groups in total. The minimum Gasteiger partial charge on any atom is -0.487 e. The van der Waals surface area contributed by atoms with Crippen molar-refractivity contribution in [1.29, 1.82) is 0 Å². The number of rotatable bonds is 8. The highest BCUT2D eigenvalue weighted by atomic mass is 16.6. The third-order valence-corrected chi connectivity index (χ3v) is 2.45. The van der Waals surface area contributed by atoms with E-state index in [0.717, 1.165) is 4.90 Å². The number of para-hydroxylation sites is 1. The molecule has 0 aliphatic carbocycles. The first-order valence-electron chi connectivity index (χ1n) is 5.95. The summed E-state index contributed by atoms with van der Waals surface area (Å²) in [5.41, 5.74) is -0.572. The third kappa shape index (κ3) is 4.34. The fraction of sp³-hybridized carbons (Fsp3) is 0.333. The van der Waals surface area contributed by atoms with Gasteiger partial charge >= 0.3 is 17.6 Å². The Morgan fingerprint density at radius 1 is 1.29 bits per heavy atom. The number of carboxylic acids is 2. The second kappa shape index (κ2) is 7.08. The summed E-state index contributed by atoms with van der Waals surface area (Å²) in [4.78, 5) is 33.0. The molecular formula is C12H14N2O7. The number of aliphatic carboxylic acids is 2. The SMILES string of the molecule is CCOc1cccc(N(CC(=O)O)CC(=O)O)c1[N+](=O)[O-]. The van der Waals surface area contributed by atoms with Crippen molar-refractivity contribution in [3.05, 3.63) is 28.3 Å². The summed E-state index contributed by atoms with van der Waals surface area (Å²) in [6.07, 6.45) is 0. The van der Waals surface area contributed by atoms with Gasteiger partial charge in [0.1, 0.15) is 18.8 Å². The number of carboxylic acid groups (broad SMARTS) is 2. The number of hydrogen-bond donors (Lipinski definition) is 2. The fourth-order valence-corrected chi connectivity index (χ4v) is 1.77. The Labute approximate surface area is 119 Å². The van der Waals surface area contributed by atoms with Crippen molar-refractivity contribution in [3.63, 3.8) is 0 Å². The molecule has 21 heavy (non-hydrogen) atoms. The summed E-state index contributed by atoms with van der Waals surface area (Å²) in [5, 5.41) is 28.8. The summed E-state index contributed by atoms with van der Waals surface area (Å²) >= 11 is 0. The molecule has 0 spiro atoms. The van der Waals surface area contributed by atoms with Crippen LogP contribution in [0.1, 0.15) is 6.92 Å². The number of nitrogens with zero attached hydrogens (tertiary/aromatic N) is 2. The van der Waals surface area contributed by atoms with Crippen LogP contribution in [0.25, 0.3) is 0 Å². The number of anilines is 1. The lowest BCUT2D eigenvalue weighted by Gasteiger charge is -2.21. The Hall–Kier alpha value is -2.84. The molecule has 0 aliphatic heterocycles. The maximum Gasteiger partial charge on any atom is 0.333 e. The normalized spacial score (nSPS) is 9.95. The maximum absolute atomic E-state index is 11.2. The average Bonchev–Trinajstić information content (AvgIpc) is 2.36. The van der Waals surface area contributed by atoms with Gasteiger partial charge in [0, 0.05) is 0 Å². The van der Waals surface area contributed by atoms with Crippen LogP contribution >= 0.6 is 0 Å². The van der Waals surface area contributed by atoms with Crippen molar-refractivity contribution < 1.29 is 29.5 Å². The largest absolute Gasteiger partial charge is 0.487 e. The maximum atomic E-state index is 11.2. The average molecular weight is 298 g/mol. The minimum absolute atomic E-state index is 0.0409. The second-order valence-electron chi connectivity index (χ2n) is 3.96. The van der Waals surface area contributed by atoms with Gasteiger partial charge in [-0.3, -0.25) is 19.7 Å². The monoisotopic (exact) mass is 298 g/mol. The molecule has 1 rings (SSSR count). The number of nitro groups is 1. The molecule has 0 aromatic heterocycles. The van der Waals surface area contributed by atoms with Gasteiger partial charge in [-0.15, -0.1) is 0 Å². The lowest BCUT2D eigenvalue weighted by atomic mass is 10.2. The minimum atomic E-state index is -1.30. The van der Waals surface area contributed by atoms with E-state index in [0.29, 0.717) is 0 Å². The van der Waals surface area contributed by atoms with E-state index in [1.807, 2.05) is 0 Å². The van der Waals surface area contributed by atoms with Crippen LogP contribution in [0.4, 0.5) is 11.4 Å². The van der Waals surface area contributed by atoms with Crippen molar-refractivity contribution in [2.24, 2.45) is 0 Å². The molecule has 0 radical (unpaired) electrons. The standard InChI is InChI=1S/C12H14N2O7/c1-2-21-9-5-3-4-8(12(9)14(19)20)13(6-10(15)16)7-11(17)18/h3-5H,2,6-7H2,1H3,(H,15,16)(H,17,18). The van der Waals surface area contributed by atoms with Crippen molar-refractivity contribution >= 4 is 23.3 Å². The van der Waals surface area contributed by atoms with Gasteiger partial charge in [0.2, 0.25) is 0 Å². The molecule has 114 valence electrons. The molecule has 0 saturated carbocycles. The van der Waals surface area contributed by atoms with E-state index in [-0.39, 0.29) is 18.0 Å². The van der Waals surface area contributed by atoms with Crippen LogP contribution < -0.4 is 9.64 Å². The van der Waals surface area contributed by atoms with Gasteiger partial charge in [-0.1, -0.05) is 6.07 Å². The molecule has 1 aromatic carbocycles. The molecule has 0 amide bonds. The predicted octanol–water partition coefficient (Wildman–Crippen LogP) is 0.969. The Morgan fingerprint density at radius 2 is 1.86 bits per heavy atom. The summed E-state index contributed by atoms with van der Waals surface area (Å²) in [6.45, 7) is 0.469. The molecular weight excluding hydrogens is 284 g/mol. The van der Waals surface area contributed by atoms with E-state index < -0.39 is 35.6 Å². The van der Waals surface area contributed by atoms with Gasteiger partial charge in [-0.25, -0.2) is 0 Å². The van der Waals surface area contributed by atoms with Gasteiger partial charge < -0.3 is 19.8 Å². The highest BCUT2D eigenvalue weighted by molar-refractivity contribution is 5.83. The van der Waals surface area contributed by atoms with E-state index >= 15 is 0 Å². The lowest BCUT2D eigenvalue weighted by molar-refractivity contribution is -0.385. The Balaban J connectivity index is 3.34. The van der Waals surface area contributed by atoms with Crippen LogP contribution in [0.15, 0.2) is 18.2 Å². The van der Waals surface area contributed by atoms with E-state index in [1.165, 1.54) is 18.2 Å². The Kier molecular flexibility index (Phi) is 5.47. The first kappa shape index (κ1) is 16.2. The molecule has 0 unspecified atom stereocenters. The van der Waals surface area contributed by atoms with Gasteiger partial charge in [-0.05, 0) is 19.1 Å². The number of carbonyl (C=O) groups is 2. The van der Waals surface area contributed by atoms with Crippen molar-refractivity contribution in [3.8, 4) is 5.75 Å². The molecule has 9 heteroatoms. The smallest absolute Gasteiger partial charge is 0.333 e. The summed E-state index contributed by atoms with van der Waals surface area (Å²) in [6, 6.07) is 4.08. The quantitative estimate of drug-likeness (QED) is 0.536. The van der Waals surface area contributed by atoms with E-state index in [9.17, 15) is 19.7 Å². The van der Waals surface area contributed by atoms with Gasteiger partial charge in [0.25, 0.3) is 0 Å². The second-order valence-corrected chi connectivity index (χ2v) is 3.96. The highest BCUT2D eigenvalue weighted by Crippen LogP contribution is 2.37. The number of ether oxygens (including phenoxy) is 1. The van der Waals surface area contributed by atoms with Gasteiger partial charge in [0.15, 0.2) is 5.75 Å². The molecule has 0 bridgehead atoms. The molecule has 0 saturated heterocycles. The van der Waals surface area contributed by atoms with Crippen molar-refractivity contribution in [2.45, 2.75) is 6.92 Å². The first-order valence-corrected chi connectivity index (χ1v) is 5.95. The summed E-state index contributed by atoms with van der Waals surface area (Å²) < 4.78 is 5.14. The van der Waals surface area contributed by atoms with Gasteiger partial charge in [-0.2, -0.15) is 0 Å². The van der Waals surface area contributed by atoms with Crippen molar-refractivity contribution in [2.75, 3.05) is 24.6 Å². The zero-order valence-electron chi connectivity index (χ0n) is 11.2. The molecule has 9 nitrogen and oxygen atoms in total. The topological polar surface area (TPSA) is 130 Å². The van der Waals surface area contributed by atoms with E-state index in [2.05, 4.69) is 0 Å². The molecule has 0 fully saturated rings. The third-order valence-electron chi connectivity index (χ3n) is 2.45. The van der Waals surface area contributed by atoms with Crippen LogP contribution in [0.5, 0.6) is 5.75 Å². The number of nitro benzene ring substituents is 1. The lowest BCUT2D eigenvalue weighted by Crippen LogP contribution is -2.34. The zero-order chi connectivity index (χ0) is 16.0. The summed E-state index contributed by atoms with van der Waals surface area (Å²) in [7, 11) is 0. The highest BCUT2D eigenvalue weighted by Gasteiger charge is 2.27. The van der Waals surface area contributed by atoms with Crippen LogP contribution in [0.2, 0.25) is 0 Å². The zero-order valence-corrected chi connectivity index (χ0v) is 11.2. The van der Waals surface area contributed by atoms with Gasteiger partial charge in [0.05, 0.1) is 11.5 Å². The first-order chi connectivity index (χ1) is 9.86. The number of hydrogen-bond acceptors (Lipinski definition) is 6. The Morgan fingerprint density at radius 3 is 2.29 bits per heavy atom. The van der Waals surface area contributed by atoms with Crippen LogP contribution in [0.3, 0.4) is 0 Å². The van der Waals surface area contributed by atoms with E-state index in [4.69, 9.17) is 14.9 Å². The molecule has 1 aromatic rings. The fourth-order valence-electron chi connectivity index (χ4n) is 1.77. The molecule has 0 aliphatic rings. The molecule has 0 atom stereocenters. The van der Waals surface area contributed by atoms with Crippen LogP contribution in [-0.2, 0) is 9.59 Å². The number of benzene rings is 1. The van der Waals surface area contributed by atoms with Crippen molar-refractivity contribution in [1.82, 2.24) is 0 Å². The van der Waals surface area contributed by atoms with E-state index in [1.54, 1.807) is 6.92 Å². The van der Waals surface area contributed by atoms with Crippen LogP contribution in [0, 0.1) is 10.1 Å². The molecule has 0 heterocycles. The Bertz CT molecular complexity index is 543.